The molecule has 0 unspecified atom stereocenters. The molecule has 206 valence electrons. The number of nitrogens with one attached hydrogen (secondary N) is 3. The van der Waals surface area contributed by atoms with Crippen LogP contribution in [0.4, 0.5) is 15.3 Å². The van der Waals surface area contributed by atoms with E-state index in [0.717, 1.165) is 46.8 Å². The van der Waals surface area contributed by atoms with E-state index in [4.69, 9.17) is 9.72 Å². The fourth-order valence-electron chi connectivity index (χ4n) is 4.72. The summed E-state index contributed by atoms with van der Waals surface area (Å²) in [6.45, 7) is 4.20. The van der Waals surface area contributed by atoms with E-state index in [1.807, 2.05) is 68.2 Å². The standard InChI is InChI=1S/C30H36N4O3S2/c1-19(2)37-30(36)34-22-10-8-21(9-11-22)28-31-18-27(39-28)25-15-12-23(16-26(25)38-24-13-14-24)33-29(35)32-17-20-6-4-3-5-7-20/h3-7,12,15-16,18-19,21-22,24H,8-11,13-14,17H2,1-2H3,(H,34,36)(H2,32,33,35). The lowest BCUT2D eigenvalue weighted by molar-refractivity contribution is 0.109. The molecule has 1 aromatic heterocycles. The van der Waals surface area contributed by atoms with Crippen LogP contribution in [0.2, 0.25) is 0 Å². The summed E-state index contributed by atoms with van der Waals surface area (Å²) < 4.78 is 5.23. The SMILES string of the molecule is CC(C)OC(=O)NC1CCC(c2ncc(-c3ccc(NC(=O)NCc4ccccc4)cc3SC3CC3)s2)CC1. The van der Waals surface area contributed by atoms with Crippen molar-refractivity contribution in [3.8, 4) is 10.4 Å². The van der Waals surface area contributed by atoms with Gasteiger partial charge in [0.1, 0.15) is 0 Å². The highest BCUT2D eigenvalue weighted by Crippen LogP contribution is 2.46. The molecule has 7 nitrogen and oxygen atoms in total. The Bertz CT molecular complexity index is 1270. The van der Waals surface area contributed by atoms with Gasteiger partial charge in [0.05, 0.1) is 16.0 Å². The second kappa shape index (κ2) is 12.9. The summed E-state index contributed by atoms with van der Waals surface area (Å²) in [7, 11) is 0. The van der Waals surface area contributed by atoms with E-state index in [1.165, 1.54) is 23.3 Å². The van der Waals surface area contributed by atoms with Crippen LogP contribution >= 0.6 is 23.1 Å². The minimum Gasteiger partial charge on any atom is -0.447 e. The number of hydrogen-bond donors (Lipinski definition) is 3. The van der Waals surface area contributed by atoms with Gasteiger partial charge in [0.2, 0.25) is 0 Å². The van der Waals surface area contributed by atoms with Gasteiger partial charge in [-0.1, -0.05) is 36.4 Å². The Morgan fingerprint density at radius 1 is 1.05 bits per heavy atom. The van der Waals surface area contributed by atoms with E-state index in [0.29, 0.717) is 17.7 Å². The number of nitrogens with zero attached hydrogens (tertiary/aromatic N) is 1. The van der Waals surface area contributed by atoms with Gasteiger partial charge in [0, 0.05) is 46.1 Å². The molecule has 2 aliphatic carbocycles. The van der Waals surface area contributed by atoms with Crippen molar-refractivity contribution in [1.82, 2.24) is 15.6 Å². The van der Waals surface area contributed by atoms with E-state index in [-0.39, 0.29) is 24.3 Å². The van der Waals surface area contributed by atoms with Crippen molar-refractivity contribution in [2.45, 2.75) is 87.1 Å². The van der Waals surface area contributed by atoms with Gasteiger partial charge in [-0.3, -0.25) is 0 Å². The first-order valence-corrected chi connectivity index (χ1v) is 15.5. The van der Waals surface area contributed by atoms with E-state index in [9.17, 15) is 9.59 Å². The van der Waals surface area contributed by atoms with Crippen molar-refractivity contribution in [3.05, 3.63) is 65.3 Å². The second-order valence-electron chi connectivity index (χ2n) is 10.5. The molecule has 0 aliphatic heterocycles. The average Bonchev–Trinajstić information content (AvgIpc) is 3.60. The molecule has 9 heteroatoms. The minimum absolute atomic E-state index is 0.111. The Balaban J connectivity index is 1.21. The third-order valence-corrected chi connectivity index (χ3v) is 9.47. The van der Waals surface area contributed by atoms with Gasteiger partial charge in [-0.05, 0) is 70.1 Å². The van der Waals surface area contributed by atoms with Gasteiger partial charge in [-0.25, -0.2) is 14.6 Å². The van der Waals surface area contributed by atoms with Gasteiger partial charge in [-0.2, -0.15) is 0 Å². The van der Waals surface area contributed by atoms with Crippen LogP contribution in [-0.4, -0.2) is 34.5 Å². The third-order valence-electron chi connectivity index (χ3n) is 6.88. The van der Waals surface area contributed by atoms with Crippen LogP contribution in [0.3, 0.4) is 0 Å². The van der Waals surface area contributed by atoms with Crippen LogP contribution in [0.25, 0.3) is 10.4 Å². The topological polar surface area (TPSA) is 92.3 Å². The number of urea groups is 1. The first-order valence-electron chi connectivity index (χ1n) is 13.8. The molecule has 2 aliphatic rings. The van der Waals surface area contributed by atoms with E-state index < -0.39 is 0 Å². The number of thioether (sulfide) groups is 1. The monoisotopic (exact) mass is 564 g/mol. The Morgan fingerprint density at radius 3 is 2.54 bits per heavy atom. The van der Waals surface area contributed by atoms with Gasteiger partial charge in [0.15, 0.2) is 0 Å². The maximum atomic E-state index is 12.5. The van der Waals surface area contributed by atoms with E-state index >= 15 is 0 Å². The van der Waals surface area contributed by atoms with Crippen LogP contribution in [0.15, 0.2) is 59.6 Å². The van der Waals surface area contributed by atoms with Gasteiger partial charge < -0.3 is 20.7 Å². The smallest absolute Gasteiger partial charge is 0.407 e. The van der Waals surface area contributed by atoms with Gasteiger partial charge >= 0.3 is 12.1 Å². The van der Waals surface area contributed by atoms with Crippen LogP contribution in [0.5, 0.6) is 0 Å². The molecular weight excluding hydrogens is 528 g/mol. The summed E-state index contributed by atoms with van der Waals surface area (Å²) >= 11 is 3.66. The number of anilines is 1. The van der Waals surface area contributed by atoms with Crippen molar-refractivity contribution < 1.29 is 14.3 Å². The minimum atomic E-state index is -0.322. The maximum Gasteiger partial charge on any atom is 0.407 e. The van der Waals surface area contributed by atoms with Gasteiger partial charge in [-0.15, -0.1) is 23.1 Å². The maximum absolute atomic E-state index is 12.5. The molecule has 0 radical (unpaired) electrons. The first kappa shape index (κ1) is 27.5. The van der Waals surface area contributed by atoms with Crippen molar-refractivity contribution in [1.29, 1.82) is 0 Å². The highest BCUT2D eigenvalue weighted by atomic mass is 32.2. The zero-order valence-corrected chi connectivity index (χ0v) is 24.1. The number of carbonyl (C=O) groups excluding carboxylic acids is 2. The number of carbonyl (C=O) groups is 2. The Labute approximate surface area is 238 Å². The Hall–Kier alpha value is -3.04. The molecule has 0 saturated heterocycles. The van der Waals surface area contributed by atoms with Crippen LogP contribution in [-0.2, 0) is 11.3 Å². The molecule has 0 bridgehead atoms. The summed E-state index contributed by atoms with van der Waals surface area (Å²) in [5.74, 6) is 0.414. The zero-order valence-electron chi connectivity index (χ0n) is 22.4. The Morgan fingerprint density at radius 2 is 1.82 bits per heavy atom. The lowest BCUT2D eigenvalue weighted by Gasteiger charge is -2.28. The first-order chi connectivity index (χ1) is 18.9. The largest absolute Gasteiger partial charge is 0.447 e. The fourth-order valence-corrected chi connectivity index (χ4v) is 7.14. The normalized spacial score (nSPS) is 18.9. The molecule has 2 aromatic carbocycles. The number of aromatic nitrogens is 1. The quantitative estimate of drug-likeness (QED) is 0.250. The number of hydrogen-bond acceptors (Lipinski definition) is 6. The summed E-state index contributed by atoms with van der Waals surface area (Å²) in [6, 6.07) is 16.0. The lowest BCUT2D eigenvalue weighted by Crippen LogP contribution is -2.38. The molecule has 1 heterocycles. The van der Waals surface area contributed by atoms with Crippen LogP contribution in [0.1, 0.15) is 68.9 Å². The van der Waals surface area contributed by atoms with Crippen molar-refractivity contribution in [3.63, 3.8) is 0 Å². The summed E-state index contributed by atoms with van der Waals surface area (Å²) in [6.07, 6.45) is 7.90. The number of benzene rings is 2. The molecule has 0 spiro atoms. The molecule has 2 fully saturated rings. The van der Waals surface area contributed by atoms with Crippen LogP contribution in [0, 0.1) is 0 Å². The third kappa shape index (κ3) is 7.99. The summed E-state index contributed by atoms with van der Waals surface area (Å²) in [5, 5.41) is 10.7. The molecule has 3 N–H and O–H groups in total. The van der Waals surface area contributed by atoms with Gasteiger partial charge in [0.25, 0.3) is 0 Å². The Kier molecular flexibility index (Phi) is 9.09. The summed E-state index contributed by atoms with van der Waals surface area (Å²) in [4.78, 5) is 31.6. The van der Waals surface area contributed by atoms with Crippen molar-refractivity contribution in [2.75, 3.05) is 5.32 Å². The molecule has 5 rings (SSSR count). The number of rotatable bonds is 9. The van der Waals surface area contributed by atoms with Crippen LogP contribution < -0.4 is 16.0 Å². The van der Waals surface area contributed by atoms with E-state index in [2.05, 4.69) is 28.1 Å². The highest BCUT2D eigenvalue weighted by molar-refractivity contribution is 8.00. The molecular formula is C30H36N4O3S2. The number of thiazole rings is 1. The van der Waals surface area contributed by atoms with Crippen molar-refractivity contribution >= 4 is 40.9 Å². The molecule has 3 amide bonds. The molecule has 0 atom stereocenters. The number of alkyl carbamates (subject to hydrolysis) is 1. The highest BCUT2D eigenvalue weighted by Gasteiger charge is 2.28. The fraction of sp³-hybridized carbons (Fsp3) is 0.433. The molecule has 3 aromatic rings. The van der Waals surface area contributed by atoms with Crippen molar-refractivity contribution in [2.24, 2.45) is 0 Å². The predicted octanol–water partition coefficient (Wildman–Crippen LogP) is 7.55. The zero-order chi connectivity index (χ0) is 27.2. The summed E-state index contributed by atoms with van der Waals surface area (Å²) in [5.41, 5.74) is 3.03. The molecule has 2 saturated carbocycles. The number of ether oxygens (including phenoxy) is 1. The average molecular weight is 565 g/mol. The second-order valence-corrected chi connectivity index (χ2v) is 12.9. The predicted molar refractivity (Wildman–Crippen MR) is 158 cm³/mol. The van der Waals surface area contributed by atoms with E-state index in [1.54, 1.807) is 11.3 Å². The molecule has 39 heavy (non-hydrogen) atoms. The lowest BCUT2D eigenvalue weighted by atomic mass is 9.86. The number of amides is 3.